The number of para-hydroxylation sites is 1. The van der Waals surface area contributed by atoms with Gasteiger partial charge in [0.15, 0.2) is 0 Å². The molecule has 2 aromatic carbocycles. The molecule has 0 aliphatic heterocycles. The lowest BCUT2D eigenvalue weighted by Crippen LogP contribution is -2.28. The van der Waals surface area contributed by atoms with Gasteiger partial charge in [-0.3, -0.25) is 9.36 Å². The van der Waals surface area contributed by atoms with Crippen LogP contribution in [0.4, 0.5) is 0 Å². The number of carbonyl (C=O) groups excluding carboxylic acids is 1. The van der Waals surface area contributed by atoms with E-state index in [1.54, 1.807) is 17.1 Å². The van der Waals surface area contributed by atoms with E-state index >= 15 is 0 Å². The van der Waals surface area contributed by atoms with Gasteiger partial charge in [-0.25, -0.2) is 4.98 Å². The smallest absolute Gasteiger partial charge is 0.270 e. The van der Waals surface area contributed by atoms with Gasteiger partial charge in [-0.05, 0) is 37.1 Å². The fraction of sp³-hybridized carbons (Fsp3) is 0.158. The summed E-state index contributed by atoms with van der Waals surface area (Å²) in [6.45, 7) is 4.04. The van der Waals surface area contributed by atoms with E-state index in [0.29, 0.717) is 5.69 Å². The molecule has 0 spiro atoms. The first-order chi connectivity index (χ1) is 11.2. The van der Waals surface area contributed by atoms with Crippen molar-refractivity contribution in [2.45, 2.75) is 19.9 Å². The summed E-state index contributed by atoms with van der Waals surface area (Å²) in [4.78, 5) is 16.7. The van der Waals surface area contributed by atoms with Gasteiger partial charge in [0.2, 0.25) is 0 Å². The molecular weight excluding hydrogens is 286 g/mol. The van der Waals surface area contributed by atoms with Gasteiger partial charge < -0.3 is 5.32 Å². The zero-order valence-electron chi connectivity index (χ0n) is 13.2. The molecule has 1 N–H and O–H groups in total. The minimum atomic E-state index is -0.137. The average molecular weight is 305 g/mol. The van der Waals surface area contributed by atoms with Gasteiger partial charge in [-0.1, -0.05) is 42.5 Å². The molecule has 4 nitrogen and oxygen atoms in total. The number of benzene rings is 2. The molecule has 116 valence electrons. The van der Waals surface area contributed by atoms with E-state index in [-0.39, 0.29) is 11.9 Å². The summed E-state index contributed by atoms with van der Waals surface area (Å²) in [5, 5.41) is 3.05. The zero-order valence-corrected chi connectivity index (χ0v) is 13.2. The largest absolute Gasteiger partial charge is 0.344 e. The van der Waals surface area contributed by atoms with E-state index in [4.69, 9.17) is 0 Å². The minimum absolute atomic E-state index is 0.0668. The van der Waals surface area contributed by atoms with Crippen molar-refractivity contribution in [1.29, 1.82) is 0 Å². The number of aromatic nitrogens is 2. The zero-order chi connectivity index (χ0) is 16.2. The maximum atomic E-state index is 12.6. The molecular formula is C19H19N3O. The quantitative estimate of drug-likeness (QED) is 0.799. The number of nitrogens with zero attached hydrogens (tertiary/aromatic N) is 2. The molecule has 0 aliphatic rings. The van der Waals surface area contributed by atoms with Crippen molar-refractivity contribution in [2.75, 3.05) is 0 Å². The van der Waals surface area contributed by atoms with E-state index in [1.807, 2.05) is 68.4 Å². The fourth-order valence-corrected chi connectivity index (χ4v) is 2.68. The van der Waals surface area contributed by atoms with Crippen molar-refractivity contribution >= 4 is 5.91 Å². The van der Waals surface area contributed by atoms with Gasteiger partial charge in [-0.2, -0.15) is 0 Å². The van der Waals surface area contributed by atoms with Crippen LogP contribution in [0.2, 0.25) is 0 Å². The monoisotopic (exact) mass is 305 g/mol. The highest BCUT2D eigenvalue weighted by Gasteiger charge is 2.16. The van der Waals surface area contributed by atoms with Crippen molar-refractivity contribution in [1.82, 2.24) is 14.9 Å². The topological polar surface area (TPSA) is 46.9 Å². The Bertz CT molecular complexity index is 808. The summed E-state index contributed by atoms with van der Waals surface area (Å²) >= 11 is 0. The number of nitrogens with one attached hydrogen (secondary N) is 1. The van der Waals surface area contributed by atoms with Crippen molar-refractivity contribution in [3.05, 3.63) is 83.9 Å². The van der Waals surface area contributed by atoms with Crippen LogP contribution in [0.5, 0.6) is 0 Å². The van der Waals surface area contributed by atoms with Crippen LogP contribution in [0.3, 0.4) is 0 Å². The van der Waals surface area contributed by atoms with Crippen LogP contribution in [0.15, 0.2) is 67.1 Å². The molecule has 23 heavy (non-hydrogen) atoms. The van der Waals surface area contributed by atoms with E-state index in [0.717, 1.165) is 16.8 Å². The Morgan fingerprint density at radius 3 is 2.52 bits per heavy atom. The Kier molecular flexibility index (Phi) is 4.24. The molecule has 1 aromatic heterocycles. The normalized spacial score (nSPS) is 11.9. The summed E-state index contributed by atoms with van der Waals surface area (Å²) in [6.07, 6.45) is 3.25. The third-order valence-corrected chi connectivity index (χ3v) is 3.91. The molecule has 0 bridgehead atoms. The molecule has 1 unspecified atom stereocenters. The van der Waals surface area contributed by atoms with Crippen molar-refractivity contribution in [3.63, 3.8) is 0 Å². The number of aryl methyl sites for hydroxylation is 1. The molecule has 1 amide bonds. The van der Waals surface area contributed by atoms with E-state index in [2.05, 4.69) is 10.3 Å². The van der Waals surface area contributed by atoms with Gasteiger partial charge in [0, 0.05) is 5.69 Å². The first kappa shape index (κ1) is 15.0. The lowest BCUT2D eigenvalue weighted by molar-refractivity contribution is 0.0933. The van der Waals surface area contributed by atoms with E-state index < -0.39 is 0 Å². The van der Waals surface area contributed by atoms with Gasteiger partial charge in [0.05, 0.1) is 18.6 Å². The predicted octanol–water partition coefficient (Wildman–Crippen LogP) is 3.67. The SMILES string of the molecule is Cc1ccccc1C(C)NC(=O)c1cncn1-c1ccccc1. The maximum absolute atomic E-state index is 12.6. The molecule has 0 fully saturated rings. The maximum Gasteiger partial charge on any atom is 0.270 e. The van der Waals surface area contributed by atoms with Crippen LogP contribution in [-0.4, -0.2) is 15.5 Å². The molecule has 1 atom stereocenters. The Morgan fingerprint density at radius 2 is 1.78 bits per heavy atom. The van der Waals surface area contributed by atoms with Crippen LogP contribution in [0, 0.1) is 6.92 Å². The molecule has 0 radical (unpaired) electrons. The summed E-state index contributed by atoms with van der Waals surface area (Å²) < 4.78 is 1.79. The summed E-state index contributed by atoms with van der Waals surface area (Å²) in [6, 6.07) is 17.7. The molecule has 3 aromatic rings. The Morgan fingerprint density at radius 1 is 1.09 bits per heavy atom. The predicted molar refractivity (Wildman–Crippen MR) is 90.6 cm³/mol. The minimum Gasteiger partial charge on any atom is -0.344 e. The van der Waals surface area contributed by atoms with Gasteiger partial charge in [0.25, 0.3) is 5.91 Å². The van der Waals surface area contributed by atoms with Crippen LogP contribution in [-0.2, 0) is 0 Å². The van der Waals surface area contributed by atoms with Gasteiger partial charge in [-0.15, -0.1) is 0 Å². The summed E-state index contributed by atoms with van der Waals surface area (Å²) in [5.41, 5.74) is 3.72. The number of hydrogen-bond donors (Lipinski definition) is 1. The second kappa shape index (κ2) is 6.48. The van der Waals surface area contributed by atoms with Gasteiger partial charge in [0.1, 0.15) is 5.69 Å². The fourth-order valence-electron chi connectivity index (χ4n) is 2.68. The van der Waals surface area contributed by atoms with E-state index in [1.165, 1.54) is 0 Å². The molecule has 0 saturated heterocycles. The lowest BCUT2D eigenvalue weighted by atomic mass is 10.0. The second-order valence-electron chi connectivity index (χ2n) is 5.54. The first-order valence-corrected chi connectivity index (χ1v) is 7.61. The molecule has 0 aliphatic carbocycles. The number of rotatable bonds is 4. The Balaban J connectivity index is 1.83. The second-order valence-corrected chi connectivity index (χ2v) is 5.54. The number of imidazole rings is 1. The van der Waals surface area contributed by atoms with Crippen LogP contribution in [0.25, 0.3) is 5.69 Å². The highest BCUT2D eigenvalue weighted by molar-refractivity contribution is 5.93. The molecule has 0 saturated carbocycles. The number of amides is 1. The van der Waals surface area contributed by atoms with E-state index in [9.17, 15) is 4.79 Å². The standard InChI is InChI=1S/C19H19N3O/c1-14-8-6-7-11-17(14)15(2)21-19(23)18-12-20-13-22(18)16-9-4-3-5-10-16/h3-13,15H,1-2H3,(H,21,23). The highest BCUT2D eigenvalue weighted by atomic mass is 16.2. The first-order valence-electron chi connectivity index (χ1n) is 7.61. The van der Waals surface area contributed by atoms with Crippen molar-refractivity contribution in [3.8, 4) is 5.69 Å². The van der Waals surface area contributed by atoms with Gasteiger partial charge >= 0.3 is 0 Å². The Hall–Kier alpha value is -2.88. The summed E-state index contributed by atoms with van der Waals surface area (Å²) in [5.74, 6) is -0.137. The Labute approximate surface area is 135 Å². The third kappa shape index (κ3) is 3.16. The van der Waals surface area contributed by atoms with Crippen molar-refractivity contribution in [2.24, 2.45) is 0 Å². The molecule has 4 heteroatoms. The summed E-state index contributed by atoms with van der Waals surface area (Å²) in [7, 11) is 0. The average Bonchev–Trinajstić information content (AvgIpc) is 3.05. The van der Waals surface area contributed by atoms with Crippen LogP contribution in [0.1, 0.15) is 34.6 Å². The lowest BCUT2D eigenvalue weighted by Gasteiger charge is -2.17. The number of hydrogen-bond acceptors (Lipinski definition) is 2. The third-order valence-electron chi connectivity index (χ3n) is 3.91. The molecule has 1 heterocycles. The van der Waals surface area contributed by atoms with Crippen molar-refractivity contribution < 1.29 is 4.79 Å². The van der Waals surface area contributed by atoms with Crippen LogP contribution >= 0.6 is 0 Å². The molecule has 3 rings (SSSR count). The van der Waals surface area contributed by atoms with Crippen LogP contribution < -0.4 is 5.32 Å². The number of carbonyl (C=O) groups is 1. The highest BCUT2D eigenvalue weighted by Crippen LogP contribution is 2.18.